The molecule has 1 aliphatic heterocycles. The highest BCUT2D eigenvalue weighted by Gasteiger charge is 2.52. The molecule has 0 radical (unpaired) electrons. The lowest BCUT2D eigenvalue weighted by Gasteiger charge is -2.50. The molecule has 1 spiro atoms. The Balaban J connectivity index is 2.23. The Morgan fingerprint density at radius 3 is 2.52 bits per heavy atom. The number of carbonyl (C=O) groups excluding carboxylic acids is 2. The molecular formula is C16H28N2O2S. The maximum absolute atomic E-state index is 12.9. The summed E-state index contributed by atoms with van der Waals surface area (Å²) in [7, 11) is 0. The summed E-state index contributed by atoms with van der Waals surface area (Å²) in [4.78, 5) is 27.6. The van der Waals surface area contributed by atoms with Crippen molar-refractivity contribution >= 4 is 23.6 Å². The first kappa shape index (κ1) is 16.7. The fraction of sp³-hybridized carbons (Fsp3) is 0.875. The van der Waals surface area contributed by atoms with E-state index in [-0.39, 0.29) is 23.8 Å². The molecule has 2 aliphatic rings. The number of piperazine rings is 1. The number of hydrogen-bond acceptors (Lipinski definition) is 3. The Bertz CT molecular complexity index is 392. The van der Waals surface area contributed by atoms with Crippen LogP contribution in [0.5, 0.6) is 0 Å². The van der Waals surface area contributed by atoms with Gasteiger partial charge in [0.05, 0.1) is 0 Å². The van der Waals surface area contributed by atoms with Crippen LogP contribution < -0.4 is 5.32 Å². The molecule has 4 nitrogen and oxygen atoms in total. The number of rotatable bonds is 5. The highest BCUT2D eigenvalue weighted by atomic mass is 32.2. The molecule has 1 aliphatic carbocycles. The van der Waals surface area contributed by atoms with Gasteiger partial charge in [-0.05, 0) is 24.5 Å². The van der Waals surface area contributed by atoms with Crippen LogP contribution in [0.15, 0.2) is 0 Å². The molecule has 120 valence electrons. The molecule has 1 atom stereocenters. The lowest BCUT2D eigenvalue weighted by atomic mass is 9.76. The van der Waals surface area contributed by atoms with E-state index < -0.39 is 5.54 Å². The Morgan fingerprint density at radius 1 is 1.29 bits per heavy atom. The standard InChI is InChI=1S/C16H28N2O2S/c1-4-21-11-10-18-14(19)13(12(2)3)17-15(20)16(18)8-6-5-7-9-16/h12-13H,4-11H2,1-3H3,(H,17,20). The summed E-state index contributed by atoms with van der Waals surface area (Å²) in [6, 6.07) is -0.350. The fourth-order valence-electron chi connectivity index (χ4n) is 3.55. The smallest absolute Gasteiger partial charge is 0.246 e. The quantitative estimate of drug-likeness (QED) is 0.793. The second kappa shape index (κ2) is 7.03. The first-order valence-electron chi connectivity index (χ1n) is 8.23. The zero-order valence-electron chi connectivity index (χ0n) is 13.5. The average Bonchev–Trinajstić information content (AvgIpc) is 2.47. The molecule has 5 heteroatoms. The maximum Gasteiger partial charge on any atom is 0.246 e. The van der Waals surface area contributed by atoms with E-state index in [0.29, 0.717) is 6.54 Å². The number of nitrogens with zero attached hydrogens (tertiary/aromatic N) is 1. The van der Waals surface area contributed by atoms with Crippen molar-refractivity contribution in [1.82, 2.24) is 10.2 Å². The molecule has 2 rings (SSSR count). The van der Waals surface area contributed by atoms with Crippen molar-refractivity contribution in [2.24, 2.45) is 5.92 Å². The van der Waals surface area contributed by atoms with Crippen LogP contribution in [0.1, 0.15) is 52.9 Å². The largest absolute Gasteiger partial charge is 0.342 e. The first-order chi connectivity index (χ1) is 10.0. The van der Waals surface area contributed by atoms with Crippen molar-refractivity contribution in [3.63, 3.8) is 0 Å². The zero-order chi connectivity index (χ0) is 15.5. The van der Waals surface area contributed by atoms with Crippen LogP contribution in [-0.4, -0.2) is 46.3 Å². The predicted octanol–water partition coefficient (Wildman–Crippen LogP) is 2.43. The monoisotopic (exact) mass is 312 g/mol. The van der Waals surface area contributed by atoms with Crippen LogP contribution in [-0.2, 0) is 9.59 Å². The molecule has 1 heterocycles. The van der Waals surface area contributed by atoms with Gasteiger partial charge in [-0.3, -0.25) is 9.59 Å². The molecule has 0 aromatic heterocycles. The van der Waals surface area contributed by atoms with Crippen LogP contribution in [0.4, 0.5) is 0 Å². The Hall–Kier alpha value is -0.710. The third-order valence-corrected chi connectivity index (χ3v) is 5.65. The molecule has 21 heavy (non-hydrogen) atoms. The molecule has 0 aromatic rings. The first-order valence-corrected chi connectivity index (χ1v) is 9.38. The SMILES string of the molecule is CCSCCN1C(=O)C(C(C)C)NC(=O)C12CCCCC2. The summed E-state index contributed by atoms with van der Waals surface area (Å²) in [5.74, 6) is 2.32. The topological polar surface area (TPSA) is 49.4 Å². The van der Waals surface area contributed by atoms with Crippen LogP contribution in [0, 0.1) is 5.92 Å². The van der Waals surface area contributed by atoms with E-state index in [0.717, 1.165) is 37.2 Å². The maximum atomic E-state index is 12.9. The van der Waals surface area contributed by atoms with Gasteiger partial charge in [-0.2, -0.15) is 11.8 Å². The highest BCUT2D eigenvalue weighted by molar-refractivity contribution is 7.99. The van der Waals surface area contributed by atoms with Crippen LogP contribution >= 0.6 is 11.8 Å². The van der Waals surface area contributed by atoms with Gasteiger partial charge in [0, 0.05) is 12.3 Å². The molecule has 1 saturated carbocycles. The minimum Gasteiger partial charge on any atom is -0.342 e. The van der Waals surface area contributed by atoms with E-state index in [1.165, 1.54) is 6.42 Å². The molecule has 1 unspecified atom stereocenters. The Morgan fingerprint density at radius 2 is 1.95 bits per heavy atom. The second-order valence-corrected chi connectivity index (χ2v) is 7.87. The zero-order valence-corrected chi connectivity index (χ0v) is 14.3. The van der Waals surface area contributed by atoms with Crippen molar-refractivity contribution in [3.05, 3.63) is 0 Å². The average molecular weight is 312 g/mol. The number of hydrogen-bond donors (Lipinski definition) is 1. The van der Waals surface area contributed by atoms with Gasteiger partial charge in [-0.25, -0.2) is 0 Å². The van der Waals surface area contributed by atoms with E-state index >= 15 is 0 Å². The normalized spacial score (nSPS) is 25.5. The summed E-state index contributed by atoms with van der Waals surface area (Å²) in [5.41, 5.74) is -0.560. The van der Waals surface area contributed by atoms with Crippen LogP contribution in [0.3, 0.4) is 0 Å². The summed E-state index contributed by atoms with van der Waals surface area (Å²) < 4.78 is 0. The number of thioether (sulfide) groups is 1. The summed E-state index contributed by atoms with van der Waals surface area (Å²) >= 11 is 1.84. The summed E-state index contributed by atoms with van der Waals surface area (Å²) in [6.07, 6.45) is 4.92. The van der Waals surface area contributed by atoms with Crippen molar-refractivity contribution in [2.45, 2.75) is 64.5 Å². The van der Waals surface area contributed by atoms with E-state index in [9.17, 15) is 9.59 Å². The van der Waals surface area contributed by atoms with Gasteiger partial charge in [-0.15, -0.1) is 0 Å². The molecule has 2 amide bonds. The van der Waals surface area contributed by atoms with Crippen LogP contribution in [0.2, 0.25) is 0 Å². The Labute approximate surface area is 132 Å². The second-order valence-electron chi connectivity index (χ2n) is 6.47. The molecule has 1 saturated heterocycles. The van der Waals surface area contributed by atoms with Gasteiger partial charge in [0.1, 0.15) is 11.6 Å². The lowest BCUT2D eigenvalue weighted by Crippen LogP contribution is -2.72. The molecule has 0 aromatic carbocycles. The minimum atomic E-state index is -0.560. The van der Waals surface area contributed by atoms with Gasteiger partial charge in [0.2, 0.25) is 11.8 Å². The summed E-state index contributed by atoms with van der Waals surface area (Å²) in [6.45, 7) is 6.83. The van der Waals surface area contributed by atoms with Gasteiger partial charge in [-0.1, -0.05) is 40.0 Å². The molecular weight excluding hydrogens is 284 g/mol. The van der Waals surface area contributed by atoms with Crippen LogP contribution in [0.25, 0.3) is 0 Å². The number of nitrogens with one attached hydrogen (secondary N) is 1. The molecule has 1 N–H and O–H groups in total. The lowest BCUT2D eigenvalue weighted by molar-refractivity contribution is -0.160. The van der Waals surface area contributed by atoms with Gasteiger partial charge >= 0.3 is 0 Å². The van der Waals surface area contributed by atoms with Gasteiger partial charge in [0.15, 0.2) is 0 Å². The van der Waals surface area contributed by atoms with Crippen molar-refractivity contribution in [3.8, 4) is 0 Å². The molecule has 0 bridgehead atoms. The molecule has 2 fully saturated rings. The van der Waals surface area contributed by atoms with Gasteiger partial charge in [0.25, 0.3) is 0 Å². The predicted molar refractivity (Wildman–Crippen MR) is 87.3 cm³/mol. The Kier molecular flexibility index (Phi) is 5.58. The van der Waals surface area contributed by atoms with Crippen molar-refractivity contribution in [2.75, 3.05) is 18.1 Å². The van der Waals surface area contributed by atoms with E-state index in [1.54, 1.807) is 0 Å². The van der Waals surface area contributed by atoms with E-state index in [2.05, 4.69) is 12.2 Å². The fourth-order valence-corrected chi connectivity index (χ4v) is 4.15. The van der Waals surface area contributed by atoms with Crippen molar-refractivity contribution < 1.29 is 9.59 Å². The third kappa shape index (κ3) is 3.22. The van der Waals surface area contributed by atoms with E-state index in [4.69, 9.17) is 0 Å². The van der Waals surface area contributed by atoms with E-state index in [1.807, 2.05) is 30.5 Å². The summed E-state index contributed by atoms with van der Waals surface area (Å²) in [5, 5.41) is 3.01. The number of amides is 2. The number of carbonyl (C=O) groups is 2. The highest BCUT2D eigenvalue weighted by Crippen LogP contribution is 2.37. The van der Waals surface area contributed by atoms with Crippen molar-refractivity contribution in [1.29, 1.82) is 0 Å². The third-order valence-electron chi connectivity index (χ3n) is 4.77. The minimum absolute atomic E-state index is 0.0852. The van der Waals surface area contributed by atoms with Gasteiger partial charge < -0.3 is 10.2 Å².